The Morgan fingerprint density at radius 3 is 2.75 bits per heavy atom. The standard InChI is InChI=1S/C27H28FN5O3/c28-22-9-3-1-8-20(22)18-36-26-21(25(35)29-13-6-15-32-14-5-11-24(32)34)17-30-27(31-26)33-16-12-19-7-2-4-10-23(19)33/h1-4,7-10,17H,5-6,11-16,18H2,(H,29,35). The minimum absolute atomic E-state index is 0.0724. The Balaban J connectivity index is 1.32. The predicted octanol–water partition coefficient (Wildman–Crippen LogP) is 3.63. The summed E-state index contributed by atoms with van der Waals surface area (Å²) in [6.45, 7) is 2.43. The summed E-state index contributed by atoms with van der Waals surface area (Å²) in [6, 6.07) is 14.4. The molecule has 0 spiro atoms. The van der Waals surface area contributed by atoms with Gasteiger partial charge in [-0.25, -0.2) is 9.37 Å². The van der Waals surface area contributed by atoms with Crippen molar-refractivity contribution in [2.45, 2.75) is 32.3 Å². The van der Waals surface area contributed by atoms with E-state index in [2.05, 4.69) is 21.4 Å². The van der Waals surface area contributed by atoms with E-state index in [0.717, 1.165) is 25.1 Å². The minimum Gasteiger partial charge on any atom is -0.472 e. The average Bonchev–Trinajstić information content (AvgIpc) is 3.52. The minimum atomic E-state index is -0.386. The van der Waals surface area contributed by atoms with Gasteiger partial charge in [-0.2, -0.15) is 4.98 Å². The molecule has 0 unspecified atom stereocenters. The molecule has 8 nitrogen and oxygen atoms in total. The zero-order valence-electron chi connectivity index (χ0n) is 20.0. The second kappa shape index (κ2) is 10.7. The first-order valence-electron chi connectivity index (χ1n) is 12.2. The third kappa shape index (κ3) is 5.15. The number of aromatic nitrogens is 2. The van der Waals surface area contributed by atoms with Crippen molar-refractivity contribution in [3.8, 4) is 5.88 Å². The smallest absolute Gasteiger partial charge is 0.258 e. The molecule has 1 N–H and O–H groups in total. The van der Waals surface area contributed by atoms with E-state index in [-0.39, 0.29) is 35.7 Å². The van der Waals surface area contributed by atoms with E-state index in [1.807, 2.05) is 28.0 Å². The molecule has 1 fully saturated rings. The molecule has 36 heavy (non-hydrogen) atoms. The summed E-state index contributed by atoms with van der Waals surface area (Å²) >= 11 is 0. The summed E-state index contributed by atoms with van der Waals surface area (Å²) in [4.78, 5) is 37.6. The van der Waals surface area contributed by atoms with Crippen LogP contribution in [-0.4, -0.2) is 52.9 Å². The summed E-state index contributed by atoms with van der Waals surface area (Å²) in [5, 5.41) is 2.87. The van der Waals surface area contributed by atoms with Gasteiger partial charge in [0.15, 0.2) is 0 Å². The Morgan fingerprint density at radius 1 is 1.08 bits per heavy atom. The molecular formula is C27H28FN5O3. The highest BCUT2D eigenvalue weighted by Crippen LogP contribution is 2.33. The van der Waals surface area contributed by atoms with Gasteiger partial charge >= 0.3 is 0 Å². The van der Waals surface area contributed by atoms with Crippen molar-refractivity contribution in [3.05, 3.63) is 77.2 Å². The van der Waals surface area contributed by atoms with Gasteiger partial charge in [0.05, 0.1) is 0 Å². The van der Waals surface area contributed by atoms with Crippen LogP contribution in [-0.2, 0) is 17.8 Å². The van der Waals surface area contributed by atoms with E-state index in [4.69, 9.17) is 4.74 Å². The number of anilines is 2. The maximum absolute atomic E-state index is 14.2. The van der Waals surface area contributed by atoms with Gasteiger partial charge in [0.25, 0.3) is 5.91 Å². The number of hydrogen-bond acceptors (Lipinski definition) is 6. The molecule has 0 atom stereocenters. The molecule has 3 heterocycles. The second-order valence-electron chi connectivity index (χ2n) is 8.89. The second-order valence-corrected chi connectivity index (χ2v) is 8.89. The zero-order chi connectivity index (χ0) is 24.9. The van der Waals surface area contributed by atoms with Crippen LogP contribution in [0.25, 0.3) is 0 Å². The Kier molecular flexibility index (Phi) is 7.06. The normalized spacial score (nSPS) is 14.8. The van der Waals surface area contributed by atoms with Gasteiger partial charge in [0, 0.05) is 50.0 Å². The highest BCUT2D eigenvalue weighted by Gasteiger charge is 2.25. The van der Waals surface area contributed by atoms with Crippen molar-refractivity contribution in [1.29, 1.82) is 0 Å². The van der Waals surface area contributed by atoms with Gasteiger partial charge in [-0.05, 0) is 37.0 Å². The summed E-state index contributed by atoms with van der Waals surface area (Å²) in [7, 11) is 0. The summed E-state index contributed by atoms with van der Waals surface area (Å²) in [5.74, 6) is -0.0765. The fraction of sp³-hybridized carbons (Fsp3) is 0.333. The number of carbonyl (C=O) groups excluding carboxylic acids is 2. The number of para-hydroxylation sites is 1. The molecule has 2 amide bonds. The van der Waals surface area contributed by atoms with Crippen molar-refractivity contribution in [3.63, 3.8) is 0 Å². The first kappa shape index (κ1) is 23.7. The molecule has 0 bridgehead atoms. The summed E-state index contributed by atoms with van der Waals surface area (Å²) < 4.78 is 20.1. The fourth-order valence-electron chi connectivity index (χ4n) is 4.57. The summed E-state index contributed by atoms with van der Waals surface area (Å²) in [6.07, 6.45) is 4.46. The highest BCUT2D eigenvalue weighted by molar-refractivity contribution is 5.96. The Hall–Kier alpha value is -4.01. The number of ether oxygens (including phenoxy) is 1. The van der Waals surface area contributed by atoms with Crippen LogP contribution in [0.15, 0.2) is 54.7 Å². The van der Waals surface area contributed by atoms with Crippen molar-refractivity contribution in [2.24, 2.45) is 0 Å². The molecule has 1 saturated heterocycles. The van der Waals surface area contributed by atoms with Crippen LogP contribution in [0.5, 0.6) is 5.88 Å². The van der Waals surface area contributed by atoms with Crippen LogP contribution < -0.4 is 15.0 Å². The number of nitrogens with one attached hydrogen (secondary N) is 1. The van der Waals surface area contributed by atoms with Crippen LogP contribution in [0.2, 0.25) is 0 Å². The average molecular weight is 490 g/mol. The molecular weight excluding hydrogens is 461 g/mol. The van der Waals surface area contributed by atoms with Gasteiger partial charge in [0.2, 0.25) is 17.7 Å². The third-order valence-electron chi connectivity index (χ3n) is 6.50. The van der Waals surface area contributed by atoms with Crippen LogP contribution in [0.4, 0.5) is 16.0 Å². The lowest BCUT2D eigenvalue weighted by molar-refractivity contribution is -0.127. The quantitative estimate of drug-likeness (QED) is 0.462. The fourth-order valence-corrected chi connectivity index (χ4v) is 4.57. The van der Waals surface area contributed by atoms with Crippen molar-refractivity contribution in [1.82, 2.24) is 20.2 Å². The summed E-state index contributed by atoms with van der Waals surface area (Å²) in [5.41, 5.74) is 2.77. The number of fused-ring (bicyclic) bond motifs is 1. The number of halogens is 1. The van der Waals surface area contributed by atoms with Gasteiger partial charge in [-0.15, -0.1) is 0 Å². The molecule has 5 rings (SSSR count). The lowest BCUT2D eigenvalue weighted by Gasteiger charge is -2.19. The van der Waals surface area contributed by atoms with Crippen molar-refractivity contribution in [2.75, 3.05) is 31.1 Å². The molecule has 186 valence electrons. The number of likely N-dealkylation sites (tertiary alicyclic amines) is 1. The van der Waals surface area contributed by atoms with E-state index in [1.54, 1.807) is 18.2 Å². The molecule has 2 aliphatic heterocycles. The van der Waals surface area contributed by atoms with E-state index >= 15 is 0 Å². The van der Waals surface area contributed by atoms with Crippen LogP contribution in [0, 0.1) is 5.82 Å². The number of carbonyl (C=O) groups is 2. The molecule has 3 aromatic rings. The van der Waals surface area contributed by atoms with E-state index in [9.17, 15) is 14.0 Å². The van der Waals surface area contributed by atoms with Crippen molar-refractivity contribution >= 4 is 23.5 Å². The van der Waals surface area contributed by atoms with E-state index in [0.29, 0.717) is 44.0 Å². The zero-order valence-corrected chi connectivity index (χ0v) is 20.0. The Bertz CT molecular complexity index is 1270. The molecule has 0 saturated carbocycles. The van der Waals surface area contributed by atoms with Gasteiger partial charge in [-0.1, -0.05) is 36.4 Å². The van der Waals surface area contributed by atoms with Crippen molar-refractivity contribution < 1.29 is 18.7 Å². The first-order chi connectivity index (χ1) is 17.6. The van der Waals surface area contributed by atoms with E-state index in [1.165, 1.54) is 17.8 Å². The van der Waals surface area contributed by atoms with Gasteiger partial charge in [0.1, 0.15) is 18.0 Å². The Labute approximate surface area is 209 Å². The largest absolute Gasteiger partial charge is 0.472 e. The monoisotopic (exact) mass is 489 g/mol. The molecule has 2 aliphatic rings. The molecule has 1 aromatic heterocycles. The lowest BCUT2D eigenvalue weighted by atomic mass is 10.2. The number of amides is 2. The van der Waals surface area contributed by atoms with Crippen LogP contribution in [0.1, 0.15) is 40.7 Å². The number of hydrogen-bond donors (Lipinski definition) is 1. The predicted molar refractivity (Wildman–Crippen MR) is 133 cm³/mol. The Morgan fingerprint density at radius 2 is 1.92 bits per heavy atom. The third-order valence-corrected chi connectivity index (χ3v) is 6.50. The highest BCUT2D eigenvalue weighted by atomic mass is 19.1. The maximum Gasteiger partial charge on any atom is 0.258 e. The molecule has 0 radical (unpaired) electrons. The van der Waals surface area contributed by atoms with Crippen LogP contribution in [0.3, 0.4) is 0 Å². The lowest BCUT2D eigenvalue weighted by Crippen LogP contribution is -2.31. The van der Waals surface area contributed by atoms with Gasteiger partial charge < -0.3 is 19.9 Å². The SMILES string of the molecule is O=C(NCCCN1CCCC1=O)c1cnc(N2CCc3ccccc32)nc1OCc1ccccc1F. The van der Waals surface area contributed by atoms with E-state index < -0.39 is 0 Å². The van der Waals surface area contributed by atoms with Crippen LogP contribution >= 0.6 is 0 Å². The van der Waals surface area contributed by atoms with Gasteiger partial charge in [-0.3, -0.25) is 9.59 Å². The first-order valence-corrected chi connectivity index (χ1v) is 12.2. The number of benzene rings is 2. The topological polar surface area (TPSA) is 87.7 Å². The number of nitrogens with zero attached hydrogens (tertiary/aromatic N) is 4. The molecule has 9 heteroatoms. The number of rotatable bonds is 9. The maximum atomic E-state index is 14.2. The molecule has 0 aliphatic carbocycles. The molecule has 2 aromatic carbocycles.